The summed E-state index contributed by atoms with van der Waals surface area (Å²) in [6.45, 7) is 5.34. The number of nitrogens with zero attached hydrogens (tertiary/aromatic N) is 2. The van der Waals surface area contributed by atoms with Crippen molar-refractivity contribution in [2.24, 2.45) is 0 Å². The van der Waals surface area contributed by atoms with Gasteiger partial charge in [0.05, 0.1) is 12.8 Å². The Labute approximate surface area is 130 Å². The van der Waals surface area contributed by atoms with Gasteiger partial charge in [-0.15, -0.1) is 11.3 Å². The van der Waals surface area contributed by atoms with Crippen molar-refractivity contribution in [1.82, 2.24) is 10.3 Å². The van der Waals surface area contributed by atoms with Gasteiger partial charge in [-0.05, 0) is 44.2 Å². The molecule has 21 heavy (non-hydrogen) atoms. The lowest BCUT2D eigenvalue weighted by atomic mass is 10.2. The molecular weight excluding hydrogens is 282 g/mol. The number of rotatable bonds is 7. The minimum absolute atomic E-state index is 0.291. The summed E-state index contributed by atoms with van der Waals surface area (Å²) < 4.78 is 5.19. The van der Waals surface area contributed by atoms with E-state index in [2.05, 4.69) is 29.4 Å². The van der Waals surface area contributed by atoms with Crippen LogP contribution in [0.2, 0.25) is 0 Å². The zero-order valence-electron chi connectivity index (χ0n) is 13.1. The Hall–Kier alpha value is -1.59. The molecule has 1 N–H and O–H groups in total. The number of nitrogens with one attached hydrogen (secondary N) is 1. The zero-order chi connectivity index (χ0) is 15.2. The Morgan fingerprint density at radius 1 is 1.33 bits per heavy atom. The van der Waals surface area contributed by atoms with Crippen molar-refractivity contribution in [3.05, 3.63) is 35.3 Å². The highest BCUT2D eigenvalue weighted by Gasteiger charge is 2.13. The summed E-state index contributed by atoms with van der Waals surface area (Å²) in [5.41, 5.74) is 2.20. The number of thiazole rings is 1. The molecule has 2 rings (SSSR count). The molecule has 1 heterocycles. The van der Waals surface area contributed by atoms with E-state index in [-0.39, 0.29) is 0 Å². The smallest absolute Gasteiger partial charge is 0.189 e. The van der Waals surface area contributed by atoms with E-state index in [1.54, 1.807) is 18.4 Å². The topological polar surface area (TPSA) is 37.4 Å². The van der Waals surface area contributed by atoms with E-state index in [1.807, 2.05) is 31.3 Å². The van der Waals surface area contributed by atoms with E-state index >= 15 is 0 Å². The highest BCUT2D eigenvalue weighted by atomic mass is 32.1. The Kier molecular flexibility index (Phi) is 5.59. The van der Waals surface area contributed by atoms with Crippen LogP contribution in [0, 0.1) is 0 Å². The van der Waals surface area contributed by atoms with Gasteiger partial charge in [0.2, 0.25) is 0 Å². The van der Waals surface area contributed by atoms with Crippen LogP contribution in [0.3, 0.4) is 0 Å². The molecule has 0 bridgehead atoms. The van der Waals surface area contributed by atoms with Crippen LogP contribution in [0.4, 0.5) is 10.8 Å². The van der Waals surface area contributed by atoms with Crippen molar-refractivity contribution in [3.8, 4) is 5.75 Å². The van der Waals surface area contributed by atoms with Crippen molar-refractivity contribution in [2.75, 3.05) is 25.6 Å². The molecule has 114 valence electrons. The molecule has 1 atom stereocenters. The standard InChI is InChI=1S/C16H23N3OS/c1-5-10-17-12(2)15-11-21-16(18-15)19(3)13-6-8-14(20-4)9-7-13/h6-9,11-12,17H,5,10H2,1-4H3. The molecule has 0 aliphatic carbocycles. The van der Waals surface area contributed by atoms with Crippen molar-refractivity contribution in [2.45, 2.75) is 26.3 Å². The summed E-state index contributed by atoms with van der Waals surface area (Å²) in [5.74, 6) is 0.865. The molecular formula is C16H23N3OS. The molecule has 0 aliphatic heterocycles. The zero-order valence-corrected chi connectivity index (χ0v) is 13.9. The molecule has 5 heteroatoms. The minimum Gasteiger partial charge on any atom is -0.497 e. The number of anilines is 2. The van der Waals surface area contributed by atoms with E-state index in [0.717, 1.165) is 35.2 Å². The second kappa shape index (κ2) is 7.43. The van der Waals surface area contributed by atoms with Crippen molar-refractivity contribution < 1.29 is 4.74 Å². The van der Waals surface area contributed by atoms with E-state index < -0.39 is 0 Å². The summed E-state index contributed by atoms with van der Waals surface area (Å²) in [4.78, 5) is 6.83. The van der Waals surface area contributed by atoms with Crippen LogP contribution in [0.25, 0.3) is 0 Å². The Morgan fingerprint density at radius 2 is 2.05 bits per heavy atom. The number of methoxy groups -OCH3 is 1. The molecule has 0 saturated carbocycles. The maximum Gasteiger partial charge on any atom is 0.189 e. The van der Waals surface area contributed by atoms with E-state index in [9.17, 15) is 0 Å². The molecule has 0 fully saturated rings. The average Bonchev–Trinajstić information content (AvgIpc) is 3.02. The van der Waals surface area contributed by atoms with Crippen LogP contribution in [-0.4, -0.2) is 25.7 Å². The summed E-state index contributed by atoms with van der Waals surface area (Å²) in [6, 6.07) is 8.30. The minimum atomic E-state index is 0.291. The molecule has 1 aromatic heterocycles. The third kappa shape index (κ3) is 3.95. The normalized spacial score (nSPS) is 12.2. The van der Waals surface area contributed by atoms with Gasteiger partial charge < -0.3 is 15.0 Å². The monoisotopic (exact) mass is 305 g/mol. The molecule has 0 radical (unpaired) electrons. The first-order chi connectivity index (χ1) is 10.2. The lowest BCUT2D eigenvalue weighted by molar-refractivity contribution is 0.415. The van der Waals surface area contributed by atoms with Crippen LogP contribution in [0.1, 0.15) is 32.0 Å². The van der Waals surface area contributed by atoms with Gasteiger partial charge in [0.25, 0.3) is 0 Å². The van der Waals surface area contributed by atoms with Crippen molar-refractivity contribution in [3.63, 3.8) is 0 Å². The Morgan fingerprint density at radius 3 is 2.67 bits per heavy atom. The maximum absolute atomic E-state index is 5.19. The fourth-order valence-corrected chi connectivity index (χ4v) is 2.92. The van der Waals surface area contributed by atoms with Gasteiger partial charge in [-0.1, -0.05) is 6.92 Å². The SMILES string of the molecule is CCCNC(C)c1csc(N(C)c2ccc(OC)cc2)n1. The number of ether oxygens (including phenoxy) is 1. The highest BCUT2D eigenvalue weighted by molar-refractivity contribution is 7.13. The quantitative estimate of drug-likeness (QED) is 0.839. The molecule has 2 aromatic rings. The molecule has 0 amide bonds. The van der Waals surface area contributed by atoms with Crippen LogP contribution in [0.5, 0.6) is 5.75 Å². The van der Waals surface area contributed by atoms with Gasteiger partial charge in [-0.3, -0.25) is 0 Å². The lowest BCUT2D eigenvalue weighted by Gasteiger charge is -2.16. The van der Waals surface area contributed by atoms with Gasteiger partial charge in [0, 0.05) is 24.2 Å². The van der Waals surface area contributed by atoms with Gasteiger partial charge in [0.15, 0.2) is 5.13 Å². The van der Waals surface area contributed by atoms with Crippen LogP contribution in [-0.2, 0) is 0 Å². The predicted molar refractivity (Wildman–Crippen MR) is 89.9 cm³/mol. The largest absolute Gasteiger partial charge is 0.497 e. The molecule has 1 aromatic carbocycles. The highest BCUT2D eigenvalue weighted by Crippen LogP contribution is 2.29. The van der Waals surface area contributed by atoms with Crippen LogP contribution in [0.15, 0.2) is 29.6 Å². The van der Waals surface area contributed by atoms with Gasteiger partial charge in [-0.2, -0.15) is 0 Å². The molecule has 0 aliphatic rings. The first kappa shape index (κ1) is 15.8. The van der Waals surface area contributed by atoms with E-state index in [0.29, 0.717) is 6.04 Å². The summed E-state index contributed by atoms with van der Waals surface area (Å²) >= 11 is 1.67. The number of benzene rings is 1. The predicted octanol–water partition coefficient (Wildman–Crippen LogP) is 3.98. The maximum atomic E-state index is 5.19. The molecule has 4 nitrogen and oxygen atoms in total. The first-order valence-electron chi connectivity index (χ1n) is 7.22. The fraction of sp³-hybridized carbons (Fsp3) is 0.438. The second-order valence-corrected chi connectivity index (χ2v) is 5.82. The average molecular weight is 305 g/mol. The van der Waals surface area contributed by atoms with Gasteiger partial charge >= 0.3 is 0 Å². The van der Waals surface area contributed by atoms with Crippen molar-refractivity contribution in [1.29, 1.82) is 0 Å². The van der Waals surface area contributed by atoms with Gasteiger partial charge in [-0.25, -0.2) is 4.98 Å². The first-order valence-corrected chi connectivity index (χ1v) is 8.10. The number of hydrogen-bond donors (Lipinski definition) is 1. The second-order valence-electron chi connectivity index (χ2n) is 4.99. The van der Waals surface area contributed by atoms with E-state index in [1.165, 1.54) is 0 Å². The lowest BCUT2D eigenvalue weighted by Crippen LogP contribution is -2.19. The van der Waals surface area contributed by atoms with Gasteiger partial charge in [0.1, 0.15) is 5.75 Å². The van der Waals surface area contributed by atoms with Crippen LogP contribution >= 0.6 is 11.3 Å². The molecule has 0 saturated heterocycles. The fourth-order valence-electron chi connectivity index (χ4n) is 2.01. The van der Waals surface area contributed by atoms with Crippen LogP contribution < -0.4 is 15.0 Å². The Balaban J connectivity index is 2.08. The van der Waals surface area contributed by atoms with E-state index in [4.69, 9.17) is 9.72 Å². The molecule has 0 spiro atoms. The van der Waals surface area contributed by atoms with Crippen molar-refractivity contribution >= 4 is 22.2 Å². The summed E-state index contributed by atoms with van der Waals surface area (Å²) in [5, 5.41) is 6.59. The number of hydrogen-bond acceptors (Lipinski definition) is 5. The Bertz CT molecular complexity index is 553. The summed E-state index contributed by atoms with van der Waals surface area (Å²) in [7, 11) is 3.71. The number of aromatic nitrogens is 1. The summed E-state index contributed by atoms with van der Waals surface area (Å²) in [6.07, 6.45) is 1.13. The third-order valence-corrected chi connectivity index (χ3v) is 4.34. The molecule has 1 unspecified atom stereocenters. The third-order valence-electron chi connectivity index (χ3n) is 3.40.